The van der Waals surface area contributed by atoms with Crippen molar-refractivity contribution >= 4 is 22.0 Å². The van der Waals surface area contributed by atoms with Crippen LogP contribution in [0.15, 0.2) is 58.1 Å². The first-order chi connectivity index (χ1) is 14.6. The third-order valence-electron chi connectivity index (χ3n) is 4.79. The average Bonchev–Trinajstić information content (AvgIpc) is 3.24. The number of amides is 1. The lowest BCUT2D eigenvalue weighted by Crippen LogP contribution is -2.40. The average molecular weight is 458 g/mol. The molecule has 0 spiro atoms. The van der Waals surface area contributed by atoms with Crippen molar-refractivity contribution in [1.82, 2.24) is 9.62 Å². The Hall–Kier alpha value is -2.79. The lowest BCUT2D eigenvalue weighted by Gasteiger charge is -2.31. The van der Waals surface area contributed by atoms with Gasteiger partial charge in [0.2, 0.25) is 15.9 Å². The summed E-state index contributed by atoms with van der Waals surface area (Å²) in [4.78, 5) is 13.8. The van der Waals surface area contributed by atoms with E-state index >= 15 is 0 Å². The first-order valence-corrected chi connectivity index (χ1v) is 11.0. The predicted molar refractivity (Wildman–Crippen MR) is 105 cm³/mol. The molecule has 1 aromatic carbocycles. The van der Waals surface area contributed by atoms with E-state index < -0.39 is 22.1 Å². The van der Waals surface area contributed by atoms with Crippen molar-refractivity contribution < 1.29 is 35.5 Å². The number of ether oxygens (including phenoxy) is 1. The van der Waals surface area contributed by atoms with Crippen molar-refractivity contribution in [3.05, 3.63) is 54.5 Å². The molecule has 11 heteroatoms. The molecule has 0 unspecified atom stereocenters. The van der Waals surface area contributed by atoms with E-state index in [0.717, 1.165) is 24.3 Å². The number of carbonyl (C=O) groups excluding carboxylic acids is 1. The van der Waals surface area contributed by atoms with Crippen molar-refractivity contribution in [3.63, 3.8) is 0 Å². The molecule has 7 nitrogen and oxygen atoms in total. The Labute approximate surface area is 177 Å². The summed E-state index contributed by atoms with van der Waals surface area (Å²) in [6.07, 6.45) is 0.953. The van der Waals surface area contributed by atoms with Crippen LogP contribution < -0.4 is 9.46 Å². The van der Waals surface area contributed by atoms with Crippen LogP contribution in [0.4, 0.5) is 13.2 Å². The van der Waals surface area contributed by atoms with Gasteiger partial charge in [-0.3, -0.25) is 4.79 Å². The number of piperidine rings is 1. The summed E-state index contributed by atoms with van der Waals surface area (Å²) in [5.74, 6) is -0.0162. The molecule has 1 saturated heterocycles. The smallest absolute Gasteiger partial charge is 0.465 e. The highest BCUT2D eigenvalue weighted by Crippen LogP contribution is 2.24. The van der Waals surface area contributed by atoms with Crippen LogP contribution in [0.5, 0.6) is 5.75 Å². The molecular weight excluding hydrogens is 437 g/mol. The van der Waals surface area contributed by atoms with E-state index in [2.05, 4.69) is 9.46 Å². The van der Waals surface area contributed by atoms with Crippen LogP contribution in [0.25, 0.3) is 6.08 Å². The summed E-state index contributed by atoms with van der Waals surface area (Å²) in [5, 5.41) is 0. The molecule has 0 aliphatic carbocycles. The number of likely N-dealkylation sites (tertiary alicyclic amines) is 1. The number of rotatable bonds is 7. The number of furan rings is 1. The number of nitrogens with one attached hydrogen (secondary N) is 1. The molecule has 3 rings (SSSR count). The molecule has 0 saturated carbocycles. The fourth-order valence-corrected chi connectivity index (χ4v) is 4.25. The topological polar surface area (TPSA) is 88.9 Å². The summed E-state index contributed by atoms with van der Waals surface area (Å²) in [6.45, 7) is 1.17. The zero-order valence-electron chi connectivity index (χ0n) is 16.3. The standard InChI is InChI=1S/C20H21F3N2O5S/c21-20(22,23)30-17-3-6-18(7-4-17)31(27,28)24-14-15-9-11-25(12-10-15)19(26)8-5-16-2-1-13-29-16/h1-8,13,15,24H,9-12,14H2. The Balaban J connectivity index is 1.46. The largest absolute Gasteiger partial charge is 0.573 e. The minimum absolute atomic E-state index is 0.0423. The molecule has 2 aromatic rings. The summed E-state index contributed by atoms with van der Waals surface area (Å²) >= 11 is 0. The lowest BCUT2D eigenvalue weighted by molar-refractivity contribution is -0.274. The van der Waals surface area contributed by atoms with Gasteiger partial charge in [-0.1, -0.05) is 0 Å². The third kappa shape index (κ3) is 6.86. The molecule has 0 bridgehead atoms. The molecule has 168 valence electrons. The van der Waals surface area contributed by atoms with Gasteiger partial charge in [-0.05, 0) is 61.2 Å². The Morgan fingerprint density at radius 2 is 1.87 bits per heavy atom. The van der Waals surface area contributed by atoms with Gasteiger partial charge in [0.05, 0.1) is 11.2 Å². The van der Waals surface area contributed by atoms with Gasteiger partial charge in [0, 0.05) is 25.7 Å². The van der Waals surface area contributed by atoms with E-state index in [1.165, 1.54) is 12.3 Å². The summed E-state index contributed by atoms with van der Waals surface area (Å²) in [5.41, 5.74) is 0. The van der Waals surface area contributed by atoms with Crippen molar-refractivity contribution in [2.24, 2.45) is 5.92 Å². The second-order valence-corrected chi connectivity index (χ2v) is 8.76. The normalized spacial score (nSPS) is 16.0. The first kappa shape index (κ1) is 22.9. The number of hydrogen-bond acceptors (Lipinski definition) is 5. The molecule has 2 heterocycles. The zero-order valence-corrected chi connectivity index (χ0v) is 17.2. The van der Waals surface area contributed by atoms with Crippen molar-refractivity contribution in [1.29, 1.82) is 0 Å². The van der Waals surface area contributed by atoms with E-state index in [1.807, 2.05) is 0 Å². The minimum Gasteiger partial charge on any atom is -0.465 e. The van der Waals surface area contributed by atoms with Crippen molar-refractivity contribution in [2.75, 3.05) is 19.6 Å². The van der Waals surface area contributed by atoms with Gasteiger partial charge in [0.25, 0.3) is 0 Å². The molecule has 31 heavy (non-hydrogen) atoms. The molecule has 0 radical (unpaired) electrons. The summed E-state index contributed by atoms with van der Waals surface area (Å²) in [6, 6.07) is 7.46. The van der Waals surface area contributed by atoms with Crippen LogP contribution in [-0.4, -0.2) is 45.2 Å². The fourth-order valence-electron chi connectivity index (χ4n) is 3.13. The van der Waals surface area contributed by atoms with Gasteiger partial charge in [-0.2, -0.15) is 0 Å². The van der Waals surface area contributed by atoms with Gasteiger partial charge in [-0.25, -0.2) is 13.1 Å². The number of halogens is 3. The van der Waals surface area contributed by atoms with E-state index in [9.17, 15) is 26.4 Å². The number of carbonyl (C=O) groups is 1. The van der Waals surface area contributed by atoms with Crippen LogP contribution in [0, 0.1) is 5.92 Å². The zero-order chi connectivity index (χ0) is 22.5. The minimum atomic E-state index is -4.84. The second kappa shape index (κ2) is 9.56. The quantitative estimate of drug-likeness (QED) is 0.643. The number of nitrogens with zero attached hydrogens (tertiary/aromatic N) is 1. The van der Waals surface area contributed by atoms with Gasteiger partial charge < -0.3 is 14.1 Å². The van der Waals surface area contributed by atoms with Crippen molar-refractivity contribution in [2.45, 2.75) is 24.1 Å². The van der Waals surface area contributed by atoms with E-state index in [0.29, 0.717) is 31.7 Å². The molecule has 0 atom stereocenters. The number of sulfonamides is 1. The van der Waals surface area contributed by atoms with Gasteiger partial charge in [0.15, 0.2) is 0 Å². The fraction of sp³-hybridized carbons (Fsp3) is 0.350. The highest BCUT2D eigenvalue weighted by molar-refractivity contribution is 7.89. The number of alkyl halides is 3. The van der Waals surface area contributed by atoms with Gasteiger partial charge >= 0.3 is 6.36 Å². The van der Waals surface area contributed by atoms with Gasteiger partial charge in [0.1, 0.15) is 11.5 Å². The Bertz CT molecular complexity index is 994. The van der Waals surface area contributed by atoms with Crippen LogP contribution in [0.2, 0.25) is 0 Å². The van der Waals surface area contributed by atoms with E-state index in [1.54, 1.807) is 23.1 Å². The molecule has 1 aliphatic heterocycles. The summed E-state index contributed by atoms with van der Waals surface area (Å²) < 4.78 is 72.7. The predicted octanol–water partition coefficient (Wildman–Crippen LogP) is 3.41. The lowest BCUT2D eigenvalue weighted by atomic mass is 9.97. The molecule has 1 fully saturated rings. The van der Waals surface area contributed by atoms with Crippen LogP contribution in [-0.2, 0) is 14.8 Å². The highest BCUT2D eigenvalue weighted by Gasteiger charge is 2.31. The Morgan fingerprint density at radius 3 is 2.45 bits per heavy atom. The molecule has 1 aliphatic rings. The van der Waals surface area contributed by atoms with E-state index in [4.69, 9.17) is 4.42 Å². The van der Waals surface area contributed by atoms with Crippen LogP contribution in [0.1, 0.15) is 18.6 Å². The maximum atomic E-state index is 12.4. The molecule has 1 aromatic heterocycles. The molecular formula is C20H21F3N2O5S. The monoisotopic (exact) mass is 458 g/mol. The van der Waals surface area contributed by atoms with Crippen molar-refractivity contribution in [3.8, 4) is 5.75 Å². The van der Waals surface area contributed by atoms with Crippen LogP contribution in [0.3, 0.4) is 0 Å². The maximum Gasteiger partial charge on any atom is 0.573 e. The van der Waals surface area contributed by atoms with Gasteiger partial charge in [-0.15, -0.1) is 13.2 Å². The summed E-state index contributed by atoms with van der Waals surface area (Å²) in [7, 11) is -3.87. The number of benzene rings is 1. The Kier molecular flexibility index (Phi) is 7.06. The molecule has 1 amide bonds. The molecule has 1 N–H and O–H groups in total. The van der Waals surface area contributed by atoms with Crippen LogP contribution >= 0.6 is 0 Å². The second-order valence-electron chi connectivity index (χ2n) is 6.99. The van der Waals surface area contributed by atoms with E-state index in [-0.39, 0.29) is 23.3 Å². The third-order valence-corrected chi connectivity index (χ3v) is 6.23. The maximum absolute atomic E-state index is 12.4. The SMILES string of the molecule is O=C(C=Cc1ccco1)N1CCC(CNS(=O)(=O)c2ccc(OC(F)(F)F)cc2)CC1. The highest BCUT2D eigenvalue weighted by atomic mass is 32.2. The first-order valence-electron chi connectivity index (χ1n) is 9.48. The number of hydrogen-bond donors (Lipinski definition) is 1. The Morgan fingerprint density at radius 1 is 1.19 bits per heavy atom.